The maximum atomic E-state index is 2.50. The lowest BCUT2D eigenvalue weighted by Gasteiger charge is -2.15. The van der Waals surface area contributed by atoms with E-state index in [4.69, 9.17) is 0 Å². The highest BCUT2D eigenvalue weighted by atomic mass is 127. The maximum absolute atomic E-state index is 2.50. The van der Waals surface area contributed by atoms with Gasteiger partial charge in [-0.25, -0.2) is 0 Å². The number of benzene rings is 2. The van der Waals surface area contributed by atoms with Gasteiger partial charge in [0.15, 0.2) is 0 Å². The fourth-order valence-electron chi connectivity index (χ4n) is 3.37. The Morgan fingerprint density at radius 3 is 2.04 bits per heavy atom. The lowest BCUT2D eigenvalue weighted by atomic mass is 9.93. The molecule has 2 rings (SSSR count). The van der Waals surface area contributed by atoms with Crippen LogP contribution in [-0.4, -0.2) is 0 Å². The first-order valence-corrected chi connectivity index (χ1v) is 12.1. The van der Waals surface area contributed by atoms with Crippen LogP contribution in [0.5, 0.6) is 0 Å². The lowest BCUT2D eigenvalue weighted by molar-refractivity contribution is 0.555. The van der Waals surface area contributed by atoms with Crippen molar-refractivity contribution in [1.82, 2.24) is 0 Å². The SMILES string of the molecule is CC(C)CCCc1ccc(I)c(-c2cc(I)ccc2CCCC(C)C)c1. The fraction of sp³-hybridized carbons (Fsp3) is 0.500. The molecule has 0 heterocycles. The molecule has 0 fully saturated rings. The van der Waals surface area contributed by atoms with Gasteiger partial charge in [0, 0.05) is 7.14 Å². The first kappa shape index (κ1) is 22.2. The third-order valence-corrected chi connectivity index (χ3v) is 6.48. The van der Waals surface area contributed by atoms with Crippen molar-refractivity contribution in [2.24, 2.45) is 11.8 Å². The standard InChI is InChI=1S/C24H32I2/c1-17(2)7-5-9-19-11-14-24(26)23(15-19)22-16-21(25)13-12-20(22)10-6-8-18(3)4/h11-18H,5-10H2,1-4H3. The molecule has 0 bridgehead atoms. The van der Waals surface area contributed by atoms with Gasteiger partial charge in [-0.3, -0.25) is 0 Å². The molecule has 0 nitrogen and oxygen atoms in total. The van der Waals surface area contributed by atoms with E-state index in [0.29, 0.717) is 0 Å². The topological polar surface area (TPSA) is 0 Å². The van der Waals surface area contributed by atoms with Crippen LogP contribution in [0.4, 0.5) is 0 Å². The third kappa shape index (κ3) is 7.14. The molecule has 0 unspecified atom stereocenters. The van der Waals surface area contributed by atoms with Crippen LogP contribution in [0.3, 0.4) is 0 Å². The van der Waals surface area contributed by atoms with Crippen LogP contribution in [0, 0.1) is 19.0 Å². The second-order valence-corrected chi connectivity index (χ2v) is 10.6. The largest absolute Gasteiger partial charge is 0.0628 e. The normalized spacial score (nSPS) is 11.5. The molecule has 0 saturated carbocycles. The second kappa shape index (κ2) is 11.0. The summed E-state index contributed by atoms with van der Waals surface area (Å²) in [5.41, 5.74) is 5.85. The molecule has 0 N–H and O–H groups in total. The van der Waals surface area contributed by atoms with Crippen molar-refractivity contribution in [1.29, 1.82) is 0 Å². The van der Waals surface area contributed by atoms with Crippen molar-refractivity contribution in [3.63, 3.8) is 0 Å². The van der Waals surface area contributed by atoms with Gasteiger partial charge in [-0.2, -0.15) is 0 Å². The number of aryl methyl sites for hydroxylation is 2. The Kier molecular flexibility index (Phi) is 9.42. The molecular formula is C24H32I2. The van der Waals surface area contributed by atoms with E-state index in [2.05, 4.69) is 109 Å². The van der Waals surface area contributed by atoms with E-state index in [1.807, 2.05) is 0 Å². The summed E-state index contributed by atoms with van der Waals surface area (Å²) >= 11 is 4.95. The Morgan fingerprint density at radius 1 is 0.731 bits per heavy atom. The molecule has 0 aliphatic heterocycles. The summed E-state index contributed by atoms with van der Waals surface area (Å²) in [4.78, 5) is 0. The van der Waals surface area contributed by atoms with Gasteiger partial charge in [-0.15, -0.1) is 0 Å². The zero-order valence-corrected chi connectivity index (χ0v) is 20.9. The molecule has 0 spiro atoms. The van der Waals surface area contributed by atoms with Gasteiger partial charge in [0.05, 0.1) is 0 Å². The average molecular weight is 574 g/mol. The van der Waals surface area contributed by atoms with Gasteiger partial charge in [-0.05, 0) is 123 Å². The highest BCUT2D eigenvalue weighted by Gasteiger charge is 2.11. The van der Waals surface area contributed by atoms with Crippen molar-refractivity contribution >= 4 is 45.2 Å². The minimum absolute atomic E-state index is 0.784. The van der Waals surface area contributed by atoms with Gasteiger partial charge in [0.2, 0.25) is 0 Å². The molecule has 0 saturated heterocycles. The molecule has 0 amide bonds. The summed E-state index contributed by atoms with van der Waals surface area (Å²) < 4.78 is 2.69. The molecular weight excluding hydrogens is 542 g/mol. The summed E-state index contributed by atoms with van der Waals surface area (Å²) in [6.45, 7) is 9.26. The van der Waals surface area contributed by atoms with Gasteiger partial charge in [0.1, 0.15) is 0 Å². The predicted octanol–water partition coefficient (Wildman–Crippen LogP) is 8.52. The number of hydrogen-bond acceptors (Lipinski definition) is 0. The van der Waals surface area contributed by atoms with E-state index in [1.165, 1.54) is 67.9 Å². The van der Waals surface area contributed by atoms with Crippen LogP contribution in [0.15, 0.2) is 36.4 Å². The van der Waals surface area contributed by atoms with Crippen LogP contribution in [0.2, 0.25) is 0 Å². The Bertz CT molecular complexity index is 701. The summed E-state index contributed by atoms with van der Waals surface area (Å²) in [5, 5.41) is 0. The van der Waals surface area contributed by atoms with Crippen LogP contribution >= 0.6 is 45.2 Å². The van der Waals surface area contributed by atoms with Crippen molar-refractivity contribution in [3.8, 4) is 11.1 Å². The highest BCUT2D eigenvalue weighted by Crippen LogP contribution is 2.32. The smallest absolute Gasteiger partial charge is 0.0209 e. The Morgan fingerprint density at radius 2 is 1.38 bits per heavy atom. The van der Waals surface area contributed by atoms with Gasteiger partial charge in [-0.1, -0.05) is 58.7 Å². The summed E-state index contributed by atoms with van der Waals surface area (Å²) in [6.07, 6.45) is 7.54. The first-order valence-electron chi connectivity index (χ1n) is 9.94. The zero-order chi connectivity index (χ0) is 19.1. The van der Waals surface area contributed by atoms with Crippen molar-refractivity contribution < 1.29 is 0 Å². The van der Waals surface area contributed by atoms with Gasteiger partial charge >= 0.3 is 0 Å². The number of rotatable bonds is 9. The lowest BCUT2D eigenvalue weighted by Crippen LogP contribution is -1.97. The first-order chi connectivity index (χ1) is 12.4. The Balaban J connectivity index is 2.26. The summed E-state index contributed by atoms with van der Waals surface area (Å²) in [6, 6.07) is 14.0. The minimum atomic E-state index is 0.784. The molecule has 0 atom stereocenters. The van der Waals surface area contributed by atoms with Crippen molar-refractivity contribution in [3.05, 3.63) is 54.7 Å². The molecule has 0 radical (unpaired) electrons. The molecule has 2 aromatic carbocycles. The van der Waals surface area contributed by atoms with E-state index in [-0.39, 0.29) is 0 Å². The molecule has 142 valence electrons. The van der Waals surface area contributed by atoms with Crippen LogP contribution in [-0.2, 0) is 12.8 Å². The van der Waals surface area contributed by atoms with Gasteiger partial charge < -0.3 is 0 Å². The average Bonchev–Trinajstić information content (AvgIpc) is 2.57. The van der Waals surface area contributed by atoms with Crippen LogP contribution in [0.1, 0.15) is 64.5 Å². The molecule has 0 aliphatic carbocycles. The van der Waals surface area contributed by atoms with E-state index in [1.54, 1.807) is 0 Å². The quantitative estimate of drug-likeness (QED) is 0.264. The number of hydrogen-bond donors (Lipinski definition) is 0. The molecule has 2 heteroatoms. The molecule has 0 aromatic heterocycles. The fourth-order valence-corrected chi connectivity index (χ4v) is 4.48. The third-order valence-electron chi connectivity index (χ3n) is 4.87. The molecule has 0 aliphatic rings. The monoisotopic (exact) mass is 574 g/mol. The van der Waals surface area contributed by atoms with Crippen molar-refractivity contribution in [2.75, 3.05) is 0 Å². The van der Waals surface area contributed by atoms with E-state index in [9.17, 15) is 0 Å². The minimum Gasteiger partial charge on any atom is -0.0628 e. The highest BCUT2D eigenvalue weighted by molar-refractivity contribution is 14.1. The number of halogens is 2. The Labute approximate surface area is 187 Å². The van der Waals surface area contributed by atoms with E-state index < -0.39 is 0 Å². The zero-order valence-electron chi connectivity index (χ0n) is 16.6. The summed E-state index contributed by atoms with van der Waals surface area (Å²) in [5.74, 6) is 1.58. The second-order valence-electron chi connectivity index (χ2n) is 8.19. The molecule has 26 heavy (non-hydrogen) atoms. The molecule has 2 aromatic rings. The van der Waals surface area contributed by atoms with E-state index >= 15 is 0 Å². The van der Waals surface area contributed by atoms with Gasteiger partial charge in [0.25, 0.3) is 0 Å². The predicted molar refractivity (Wildman–Crippen MR) is 133 cm³/mol. The van der Waals surface area contributed by atoms with E-state index in [0.717, 1.165) is 11.8 Å². The maximum Gasteiger partial charge on any atom is 0.0209 e. The van der Waals surface area contributed by atoms with Crippen molar-refractivity contribution in [2.45, 2.75) is 66.2 Å². The van der Waals surface area contributed by atoms with Crippen LogP contribution < -0.4 is 0 Å². The summed E-state index contributed by atoms with van der Waals surface area (Å²) in [7, 11) is 0. The van der Waals surface area contributed by atoms with Crippen LogP contribution in [0.25, 0.3) is 11.1 Å². The Hall–Kier alpha value is -0.100.